The van der Waals surface area contributed by atoms with Gasteiger partial charge < -0.3 is 15.2 Å². The van der Waals surface area contributed by atoms with E-state index in [4.69, 9.17) is 15.2 Å². The molecule has 0 aliphatic heterocycles. The standard InChI is InChI=1S/C18H19NO4/c1-11(14-4-6-15(19)7-5-14)17-9-8-16(22-12(2)20)10-18(17)23-13(3)21/h4-11H,19H2,1-3H3. The number of anilines is 1. The first kappa shape index (κ1) is 16.5. The Morgan fingerprint density at radius 1 is 0.957 bits per heavy atom. The van der Waals surface area contributed by atoms with Crippen molar-refractivity contribution in [1.29, 1.82) is 0 Å². The molecule has 23 heavy (non-hydrogen) atoms. The van der Waals surface area contributed by atoms with Crippen molar-refractivity contribution in [2.75, 3.05) is 5.73 Å². The summed E-state index contributed by atoms with van der Waals surface area (Å²) in [5.41, 5.74) is 8.25. The summed E-state index contributed by atoms with van der Waals surface area (Å²) in [6.45, 7) is 4.64. The smallest absolute Gasteiger partial charge is 0.308 e. The molecule has 0 heterocycles. The van der Waals surface area contributed by atoms with Crippen molar-refractivity contribution in [2.24, 2.45) is 0 Å². The molecule has 0 bridgehead atoms. The summed E-state index contributed by atoms with van der Waals surface area (Å²) in [6.07, 6.45) is 0. The van der Waals surface area contributed by atoms with Gasteiger partial charge in [0.2, 0.25) is 0 Å². The topological polar surface area (TPSA) is 78.6 Å². The molecule has 0 aromatic heterocycles. The van der Waals surface area contributed by atoms with E-state index in [1.165, 1.54) is 13.8 Å². The number of nitrogens with two attached hydrogens (primary N) is 1. The van der Waals surface area contributed by atoms with Gasteiger partial charge in [0, 0.05) is 37.1 Å². The van der Waals surface area contributed by atoms with E-state index < -0.39 is 11.9 Å². The van der Waals surface area contributed by atoms with Crippen molar-refractivity contribution in [3.63, 3.8) is 0 Å². The normalized spacial score (nSPS) is 11.6. The first-order valence-corrected chi connectivity index (χ1v) is 7.23. The highest BCUT2D eigenvalue weighted by molar-refractivity contribution is 5.72. The third kappa shape index (κ3) is 4.32. The fourth-order valence-electron chi connectivity index (χ4n) is 2.31. The number of hydrogen-bond donors (Lipinski definition) is 1. The number of rotatable bonds is 4. The fraction of sp³-hybridized carbons (Fsp3) is 0.222. The zero-order chi connectivity index (χ0) is 17.0. The highest BCUT2D eigenvalue weighted by atomic mass is 16.5. The first-order chi connectivity index (χ1) is 10.9. The maximum Gasteiger partial charge on any atom is 0.308 e. The zero-order valence-corrected chi connectivity index (χ0v) is 13.3. The molecule has 0 amide bonds. The van der Waals surface area contributed by atoms with Crippen LogP contribution in [0.2, 0.25) is 0 Å². The number of esters is 2. The molecule has 120 valence electrons. The van der Waals surface area contributed by atoms with Crippen LogP contribution in [0.25, 0.3) is 0 Å². The van der Waals surface area contributed by atoms with E-state index in [0.29, 0.717) is 17.2 Å². The summed E-state index contributed by atoms with van der Waals surface area (Å²) in [4.78, 5) is 22.4. The SMILES string of the molecule is CC(=O)Oc1ccc(C(C)c2ccc(N)cc2)c(OC(C)=O)c1. The van der Waals surface area contributed by atoms with Gasteiger partial charge in [-0.25, -0.2) is 0 Å². The number of nitrogen functional groups attached to an aromatic ring is 1. The van der Waals surface area contributed by atoms with Crippen LogP contribution in [0.4, 0.5) is 5.69 Å². The molecule has 2 aromatic rings. The molecular weight excluding hydrogens is 294 g/mol. The van der Waals surface area contributed by atoms with Crippen molar-refractivity contribution >= 4 is 17.6 Å². The molecule has 0 aliphatic carbocycles. The summed E-state index contributed by atoms with van der Waals surface area (Å²) in [5.74, 6) is -0.173. The largest absolute Gasteiger partial charge is 0.427 e. The van der Waals surface area contributed by atoms with Gasteiger partial charge in [-0.1, -0.05) is 25.1 Å². The van der Waals surface area contributed by atoms with Gasteiger partial charge in [0.1, 0.15) is 11.5 Å². The predicted molar refractivity (Wildman–Crippen MR) is 87.4 cm³/mol. The number of carbonyl (C=O) groups excluding carboxylic acids is 2. The van der Waals surface area contributed by atoms with Crippen LogP contribution in [-0.2, 0) is 9.59 Å². The number of ether oxygens (including phenoxy) is 2. The van der Waals surface area contributed by atoms with E-state index in [0.717, 1.165) is 11.1 Å². The molecule has 0 saturated heterocycles. The summed E-state index contributed by atoms with van der Waals surface area (Å²) >= 11 is 0. The van der Waals surface area contributed by atoms with E-state index >= 15 is 0 Å². The third-order valence-electron chi connectivity index (χ3n) is 3.40. The van der Waals surface area contributed by atoms with E-state index in [1.54, 1.807) is 18.2 Å². The lowest BCUT2D eigenvalue weighted by molar-refractivity contribution is -0.132. The molecule has 2 rings (SSSR count). The Labute approximate surface area is 135 Å². The molecule has 0 spiro atoms. The number of benzene rings is 2. The van der Waals surface area contributed by atoms with E-state index in [-0.39, 0.29) is 5.92 Å². The molecule has 1 unspecified atom stereocenters. The van der Waals surface area contributed by atoms with Crippen LogP contribution in [0.3, 0.4) is 0 Å². The summed E-state index contributed by atoms with van der Waals surface area (Å²) in [6, 6.07) is 12.5. The first-order valence-electron chi connectivity index (χ1n) is 7.23. The zero-order valence-electron chi connectivity index (χ0n) is 13.3. The maximum absolute atomic E-state index is 11.4. The average Bonchev–Trinajstić information content (AvgIpc) is 2.46. The quantitative estimate of drug-likeness (QED) is 0.532. The van der Waals surface area contributed by atoms with Crippen LogP contribution in [0.1, 0.15) is 37.8 Å². The van der Waals surface area contributed by atoms with E-state index in [1.807, 2.05) is 31.2 Å². The van der Waals surface area contributed by atoms with Crippen molar-refractivity contribution in [3.8, 4) is 11.5 Å². The van der Waals surface area contributed by atoms with Gasteiger partial charge in [-0.3, -0.25) is 9.59 Å². The molecule has 5 nitrogen and oxygen atoms in total. The van der Waals surface area contributed by atoms with Crippen LogP contribution in [0.15, 0.2) is 42.5 Å². The second kappa shape index (κ2) is 6.96. The minimum Gasteiger partial charge on any atom is -0.427 e. The van der Waals surface area contributed by atoms with Crippen LogP contribution < -0.4 is 15.2 Å². The highest BCUT2D eigenvalue weighted by Crippen LogP contribution is 2.34. The maximum atomic E-state index is 11.4. The number of carbonyl (C=O) groups is 2. The Kier molecular flexibility index (Phi) is 5.01. The van der Waals surface area contributed by atoms with Crippen LogP contribution in [0.5, 0.6) is 11.5 Å². The van der Waals surface area contributed by atoms with Gasteiger partial charge in [-0.15, -0.1) is 0 Å². The second-order valence-corrected chi connectivity index (χ2v) is 5.28. The van der Waals surface area contributed by atoms with E-state index in [9.17, 15) is 9.59 Å². The Balaban J connectivity index is 2.40. The Hall–Kier alpha value is -2.82. The highest BCUT2D eigenvalue weighted by Gasteiger charge is 2.17. The third-order valence-corrected chi connectivity index (χ3v) is 3.40. The summed E-state index contributed by atoms with van der Waals surface area (Å²) < 4.78 is 10.3. The lowest BCUT2D eigenvalue weighted by atomic mass is 9.92. The van der Waals surface area contributed by atoms with Crippen molar-refractivity contribution < 1.29 is 19.1 Å². The molecule has 5 heteroatoms. The van der Waals surface area contributed by atoms with Gasteiger partial charge in [-0.2, -0.15) is 0 Å². The van der Waals surface area contributed by atoms with Crippen molar-refractivity contribution in [2.45, 2.75) is 26.7 Å². The Bertz CT molecular complexity index is 722. The van der Waals surface area contributed by atoms with Gasteiger partial charge in [0.15, 0.2) is 0 Å². The van der Waals surface area contributed by atoms with Gasteiger partial charge in [0.05, 0.1) is 0 Å². The molecular formula is C18H19NO4. The molecule has 0 saturated carbocycles. The fourth-order valence-corrected chi connectivity index (χ4v) is 2.31. The molecule has 0 radical (unpaired) electrons. The molecule has 1 atom stereocenters. The Morgan fingerprint density at radius 3 is 2.13 bits per heavy atom. The minimum atomic E-state index is -0.435. The summed E-state index contributed by atoms with van der Waals surface area (Å²) in [7, 11) is 0. The lowest BCUT2D eigenvalue weighted by Gasteiger charge is -2.17. The minimum absolute atomic E-state index is 0.0173. The molecule has 2 aromatic carbocycles. The van der Waals surface area contributed by atoms with Crippen LogP contribution in [0, 0.1) is 0 Å². The molecule has 0 fully saturated rings. The van der Waals surface area contributed by atoms with Crippen LogP contribution >= 0.6 is 0 Å². The van der Waals surface area contributed by atoms with Gasteiger partial charge in [-0.05, 0) is 23.8 Å². The predicted octanol–water partition coefficient (Wildman–Crippen LogP) is 3.27. The average molecular weight is 313 g/mol. The number of hydrogen-bond acceptors (Lipinski definition) is 5. The lowest BCUT2D eigenvalue weighted by Crippen LogP contribution is -2.08. The van der Waals surface area contributed by atoms with Crippen molar-refractivity contribution in [3.05, 3.63) is 53.6 Å². The molecule has 0 aliphatic rings. The van der Waals surface area contributed by atoms with Gasteiger partial charge >= 0.3 is 11.9 Å². The Morgan fingerprint density at radius 2 is 1.57 bits per heavy atom. The second-order valence-electron chi connectivity index (χ2n) is 5.28. The monoisotopic (exact) mass is 313 g/mol. The van der Waals surface area contributed by atoms with Crippen LogP contribution in [-0.4, -0.2) is 11.9 Å². The van der Waals surface area contributed by atoms with Gasteiger partial charge in [0.25, 0.3) is 0 Å². The van der Waals surface area contributed by atoms with E-state index in [2.05, 4.69) is 0 Å². The molecule has 2 N–H and O–H groups in total. The van der Waals surface area contributed by atoms with Crippen molar-refractivity contribution in [1.82, 2.24) is 0 Å². The summed E-state index contributed by atoms with van der Waals surface area (Å²) in [5, 5.41) is 0.